The van der Waals surface area contributed by atoms with E-state index in [4.69, 9.17) is 9.94 Å². The second kappa shape index (κ2) is 10.2. The topological polar surface area (TPSA) is 197 Å². The number of anilines is 3. The average Bonchev–Trinajstić information content (AvgIpc) is 3.10. The fourth-order valence-electron chi connectivity index (χ4n) is 2.11. The maximum Gasteiger partial charge on any atom is 0.328 e. The highest BCUT2D eigenvalue weighted by Crippen LogP contribution is 2.29. The summed E-state index contributed by atoms with van der Waals surface area (Å²) < 4.78 is 4.91. The number of hydrogen-bond donors (Lipinski definition) is 6. The minimum Gasteiger partial charge on any atom is -0.733 e. The van der Waals surface area contributed by atoms with Crippen LogP contribution in [0, 0.1) is 12.1 Å². The summed E-state index contributed by atoms with van der Waals surface area (Å²) in [4.78, 5) is 51.3. The van der Waals surface area contributed by atoms with Crippen molar-refractivity contribution in [3.8, 4) is 5.75 Å². The van der Waals surface area contributed by atoms with Gasteiger partial charge in [-0.3, -0.25) is 46.1 Å². The van der Waals surface area contributed by atoms with Crippen LogP contribution in [0.3, 0.4) is 0 Å². The number of nitrogens with zero attached hydrogens (tertiary/aromatic N) is 2. The quantitative estimate of drug-likeness (QED) is 0.256. The summed E-state index contributed by atoms with van der Waals surface area (Å²) in [6.45, 7) is 2.82. The number of carbonyl (C=O) groups excluding carboxylic acids is 4. The molecule has 0 saturated carbocycles. The van der Waals surface area contributed by atoms with Crippen molar-refractivity contribution in [1.29, 1.82) is 0 Å². The van der Waals surface area contributed by atoms with Crippen LogP contribution in [0.25, 0.3) is 0 Å². The first-order valence-electron chi connectivity index (χ1n) is 8.38. The van der Waals surface area contributed by atoms with E-state index in [1.807, 2.05) is 5.43 Å². The number of benzene rings is 1. The lowest BCUT2D eigenvalue weighted by atomic mass is 10.2. The molecule has 1 heterocycles. The van der Waals surface area contributed by atoms with E-state index in [2.05, 4.69) is 26.6 Å². The molecule has 166 valence electrons. The summed E-state index contributed by atoms with van der Waals surface area (Å²) in [5, 5.41) is 22.3. The first-order valence-corrected chi connectivity index (χ1v) is 9.20. The number of hydrazine groups is 2. The molecule has 0 spiro atoms. The van der Waals surface area contributed by atoms with E-state index >= 15 is 0 Å². The second-order valence-electron chi connectivity index (χ2n) is 5.76. The number of rotatable bonds is 6. The Bertz CT molecular complexity index is 1010. The number of carbonyl (C=O) groups is 4. The van der Waals surface area contributed by atoms with Crippen molar-refractivity contribution in [3.05, 3.63) is 34.0 Å². The summed E-state index contributed by atoms with van der Waals surface area (Å²) in [6, 6.07) is 3.77. The third kappa shape index (κ3) is 6.26. The number of amides is 4. The maximum atomic E-state index is 12.2. The van der Waals surface area contributed by atoms with E-state index in [1.54, 1.807) is 0 Å². The lowest BCUT2D eigenvalue weighted by molar-refractivity contribution is -0.136. The molecule has 31 heavy (non-hydrogen) atoms. The number of ether oxygens (including phenoxy) is 1. The molecule has 0 fully saturated rings. The molecule has 2 rings (SSSR count). The molecule has 0 saturated heterocycles. The number of nitrogens with one attached hydrogen (secondary N) is 5. The summed E-state index contributed by atoms with van der Waals surface area (Å²) in [7, 11) is 1.34. The molecular weight excluding hydrogens is 434 g/mol. The molecule has 4 amide bonds. The lowest BCUT2D eigenvalue weighted by Crippen LogP contribution is -2.46. The van der Waals surface area contributed by atoms with Gasteiger partial charge in [0.1, 0.15) is 10.6 Å². The van der Waals surface area contributed by atoms with E-state index in [-0.39, 0.29) is 33.0 Å². The van der Waals surface area contributed by atoms with Crippen molar-refractivity contribution < 1.29 is 29.1 Å². The molecule has 0 aliphatic rings. The van der Waals surface area contributed by atoms with Crippen LogP contribution >= 0.6 is 11.3 Å². The van der Waals surface area contributed by atoms with Gasteiger partial charge in [-0.25, -0.2) is 4.98 Å². The van der Waals surface area contributed by atoms with Crippen molar-refractivity contribution >= 4 is 51.5 Å². The van der Waals surface area contributed by atoms with Gasteiger partial charge < -0.3 is 20.5 Å². The molecule has 0 radical (unpaired) electrons. The first kappa shape index (κ1) is 23.3. The Labute approximate surface area is 179 Å². The predicted octanol–water partition coefficient (Wildman–Crippen LogP) is 0.0162. The Morgan fingerprint density at radius 1 is 1.16 bits per heavy atom. The summed E-state index contributed by atoms with van der Waals surface area (Å²) >= 11 is 0.900. The summed E-state index contributed by atoms with van der Waals surface area (Å²) in [6.07, 6.45) is 0. The molecule has 0 unspecified atom stereocenters. The van der Waals surface area contributed by atoms with Crippen LogP contribution in [-0.4, -0.2) is 40.9 Å². The Hall–Kier alpha value is -3.95. The molecule has 1 aromatic heterocycles. The molecular formula is C16H18N7O7S-. The van der Waals surface area contributed by atoms with E-state index in [1.165, 1.54) is 33.1 Å². The fourth-order valence-corrected chi connectivity index (χ4v) is 2.93. The van der Waals surface area contributed by atoms with Crippen LogP contribution in [0.15, 0.2) is 18.2 Å². The molecule has 0 atom stereocenters. The standard InChI is InChI=1S/C16H18N7O7S/c1-7-12(31-16(17-7)22-19-8(2)24)13(25)20-21-15(27)14(26)18-10-5-4-9(30-3)6-11(10)23(28)29/h4-6,28H,1-3H3,(H,17,22)(H,18,26)(H,19,24)(H,20,25)(H,21,27)/q-1. The second-order valence-corrected chi connectivity index (χ2v) is 6.76. The van der Waals surface area contributed by atoms with Gasteiger partial charge >= 0.3 is 11.8 Å². The van der Waals surface area contributed by atoms with Gasteiger partial charge in [-0.05, 0) is 19.1 Å². The minimum atomic E-state index is -1.25. The van der Waals surface area contributed by atoms with Crippen molar-refractivity contribution in [1.82, 2.24) is 21.3 Å². The molecule has 0 aliphatic carbocycles. The first-order chi connectivity index (χ1) is 14.6. The molecule has 15 heteroatoms. The minimum absolute atomic E-state index is 0.119. The normalized spacial score (nSPS) is 9.97. The van der Waals surface area contributed by atoms with Crippen LogP contribution in [0.1, 0.15) is 22.3 Å². The van der Waals surface area contributed by atoms with Gasteiger partial charge in [-0.15, -0.1) is 0 Å². The summed E-state index contributed by atoms with van der Waals surface area (Å²) in [5.74, 6) is -3.35. The van der Waals surface area contributed by atoms with E-state index in [0.717, 1.165) is 17.4 Å². The molecule has 1 aromatic carbocycles. The van der Waals surface area contributed by atoms with Crippen LogP contribution in [0.5, 0.6) is 5.75 Å². The van der Waals surface area contributed by atoms with E-state index in [0.29, 0.717) is 5.69 Å². The van der Waals surface area contributed by atoms with E-state index in [9.17, 15) is 24.4 Å². The van der Waals surface area contributed by atoms with Crippen molar-refractivity contribution in [2.24, 2.45) is 0 Å². The Morgan fingerprint density at radius 3 is 2.48 bits per heavy atom. The largest absolute Gasteiger partial charge is 0.733 e. The van der Waals surface area contributed by atoms with Gasteiger partial charge in [0.15, 0.2) is 0 Å². The van der Waals surface area contributed by atoms with Gasteiger partial charge in [0.05, 0.1) is 24.2 Å². The zero-order valence-electron chi connectivity index (χ0n) is 16.4. The Balaban J connectivity index is 1.98. The third-order valence-electron chi connectivity index (χ3n) is 3.50. The van der Waals surface area contributed by atoms with Gasteiger partial charge in [0.2, 0.25) is 11.0 Å². The van der Waals surface area contributed by atoms with E-state index < -0.39 is 22.9 Å². The predicted molar refractivity (Wildman–Crippen MR) is 109 cm³/mol. The number of hydrogen-bond acceptors (Lipinski definition) is 11. The fraction of sp³-hybridized carbons (Fsp3) is 0.188. The van der Waals surface area contributed by atoms with Crippen LogP contribution < -0.4 is 37.0 Å². The van der Waals surface area contributed by atoms with Gasteiger partial charge in [0.25, 0.3) is 5.91 Å². The van der Waals surface area contributed by atoms with Crippen molar-refractivity contribution in [3.63, 3.8) is 0 Å². The number of methoxy groups -OCH3 is 1. The monoisotopic (exact) mass is 452 g/mol. The third-order valence-corrected chi connectivity index (χ3v) is 4.57. The molecule has 0 bridgehead atoms. The average molecular weight is 452 g/mol. The molecule has 2 aromatic rings. The molecule has 0 aliphatic heterocycles. The Morgan fingerprint density at radius 2 is 1.87 bits per heavy atom. The van der Waals surface area contributed by atoms with Gasteiger partial charge in [-0.1, -0.05) is 11.3 Å². The van der Waals surface area contributed by atoms with Crippen LogP contribution in [0.2, 0.25) is 0 Å². The number of thiazole rings is 1. The summed E-state index contributed by atoms with van der Waals surface area (Å²) in [5.41, 5.74) is 8.56. The van der Waals surface area contributed by atoms with Crippen LogP contribution in [-0.2, 0) is 14.4 Å². The van der Waals surface area contributed by atoms with Crippen molar-refractivity contribution in [2.75, 3.05) is 23.1 Å². The zero-order chi connectivity index (χ0) is 23.1. The Kier molecular flexibility index (Phi) is 7.67. The van der Waals surface area contributed by atoms with Crippen LogP contribution in [0.4, 0.5) is 16.5 Å². The van der Waals surface area contributed by atoms with Gasteiger partial charge in [0, 0.05) is 13.0 Å². The van der Waals surface area contributed by atoms with Crippen molar-refractivity contribution in [2.45, 2.75) is 13.8 Å². The lowest BCUT2D eigenvalue weighted by Gasteiger charge is -2.25. The number of aromatic nitrogens is 1. The highest BCUT2D eigenvalue weighted by molar-refractivity contribution is 7.17. The highest BCUT2D eigenvalue weighted by Gasteiger charge is 2.20. The van der Waals surface area contributed by atoms with Gasteiger partial charge in [-0.2, -0.15) is 0 Å². The SMILES string of the molecule is COc1ccc(NC(=O)C(=O)NNC(=O)c2sc(NNC(C)=O)nc2C)c(N([O-])O)c1. The molecule has 14 nitrogen and oxygen atoms in total. The maximum absolute atomic E-state index is 12.2. The smallest absolute Gasteiger partial charge is 0.328 e. The number of aryl methyl sites for hydroxylation is 1. The highest BCUT2D eigenvalue weighted by atomic mass is 32.1. The molecule has 6 N–H and O–H groups in total. The zero-order valence-corrected chi connectivity index (χ0v) is 17.2.